The Labute approximate surface area is 138 Å². The topological polar surface area (TPSA) is 18.5 Å². The van der Waals surface area contributed by atoms with Crippen LogP contribution in [0.15, 0.2) is 30.3 Å². The standard InChI is InChI=1S/C19H33O2P/c1-2-3-4-5-6-7-8-9-10-11-15-18-20-22-21-19-16-13-12-14-17-19/h12-14,16-17,22H,2-11,15,18H2,1H3. The van der Waals surface area contributed by atoms with E-state index in [-0.39, 0.29) is 9.03 Å². The van der Waals surface area contributed by atoms with Gasteiger partial charge in [-0.15, -0.1) is 0 Å². The number of para-hydroxylation sites is 1. The third-order valence-corrected chi connectivity index (χ3v) is 4.45. The second-order valence-corrected chi connectivity index (χ2v) is 6.54. The van der Waals surface area contributed by atoms with E-state index < -0.39 is 0 Å². The van der Waals surface area contributed by atoms with E-state index in [1.165, 1.54) is 64.2 Å². The zero-order valence-corrected chi connectivity index (χ0v) is 15.2. The first-order valence-corrected chi connectivity index (χ1v) is 9.84. The predicted molar refractivity (Wildman–Crippen MR) is 97.8 cm³/mol. The van der Waals surface area contributed by atoms with Crippen LogP contribution < -0.4 is 4.52 Å². The van der Waals surface area contributed by atoms with Gasteiger partial charge in [0, 0.05) is 0 Å². The molecule has 126 valence electrons. The highest BCUT2D eigenvalue weighted by molar-refractivity contribution is 7.26. The van der Waals surface area contributed by atoms with Gasteiger partial charge in [0.2, 0.25) is 9.03 Å². The van der Waals surface area contributed by atoms with E-state index in [9.17, 15) is 0 Å². The largest absolute Gasteiger partial charge is 0.450 e. The van der Waals surface area contributed by atoms with Crippen LogP contribution in [0.5, 0.6) is 5.75 Å². The van der Waals surface area contributed by atoms with E-state index in [4.69, 9.17) is 9.05 Å². The summed E-state index contributed by atoms with van der Waals surface area (Å²) in [4.78, 5) is 0. The van der Waals surface area contributed by atoms with Crippen molar-refractivity contribution in [2.24, 2.45) is 0 Å². The summed E-state index contributed by atoms with van der Waals surface area (Å²) in [6.07, 6.45) is 15.1. The highest BCUT2D eigenvalue weighted by atomic mass is 31.1. The molecule has 0 bridgehead atoms. The van der Waals surface area contributed by atoms with Crippen molar-refractivity contribution in [3.05, 3.63) is 30.3 Å². The summed E-state index contributed by atoms with van der Waals surface area (Å²) >= 11 is 0. The summed E-state index contributed by atoms with van der Waals surface area (Å²) < 4.78 is 11.0. The molecule has 0 heterocycles. The third-order valence-electron chi connectivity index (χ3n) is 3.81. The Balaban J connectivity index is 1.73. The molecular formula is C19H33O2P. The van der Waals surface area contributed by atoms with Crippen LogP contribution in [0.2, 0.25) is 0 Å². The summed E-state index contributed by atoms with van der Waals surface area (Å²) in [5.41, 5.74) is 0. The zero-order valence-electron chi connectivity index (χ0n) is 14.2. The molecule has 0 amide bonds. The molecule has 0 spiro atoms. The second kappa shape index (κ2) is 15.3. The fourth-order valence-corrected chi connectivity index (χ4v) is 2.97. The minimum absolute atomic E-state index is 0.121. The lowest BCUT2D eigenvalue weighted by Gasteiger charge is -2.06. The molecule has 0 aliphatic heterocycles. The van der Waals surface area contributed by atoms with Crippen molar-refractivity contribution in [2.45, 2.75) is 77.6 Å². The normalized spacial score (nSPS) is 11.3. The number of rotatable bonds is 15. The molecule has 0 aliphatic rings. The van der Waals surface area contributed by atoms with Gasteiger partial charge in [0.1, 0.15) is 5.75 Å². The van der Waals surface area contributed by atoms with Gasteiger partial charge in [0.25, 0.3) is 0 Å². The molecule has 1 unspecified atom stereocenters. The zero-order chi connectivity index (χ0) is 15.7. The Morgan fingerprint density at radius 3 is 1.86 bits per heavy atom. The van der Waals surface area contributed by atoms with Crippen molar-refractivity contribution in [1.29, 1.82) is 0 Å². The molecule has 0 saturated carbocycles. The van der Waals surface area contributed by atoms with Crippen LogP contribution >= 0.6 is 9.03 Å². The van der Waals surface area contributed by atoms with E-state index in [0.29, 0.717) is 0 Å². The first kappa shape index (κ1) is 19.5. The maximum Gasteiger partial charge on any atom is 0.215 e. The van der Waals surface area contributed by atoms with Gasteiger partial charge in [-0.25, -0.2) is 0 Å². The average Bonchev–Trinajstić information content (AvgIpc) is 2.56. The van der Waals surface area contributed by atoms with Crippen LogP contribution in [0.1, 0.15) is 77.6 Å². The van der Waals surface area contributed by atoms with Gasteiger partial charge in [-0.05, 0) is 18.6 Å². The first-order chi connectivity index (χ1) is 10.9. The molecule has 2 nitrogen and oxygen atoms in total. The van der Waals surface area contributed by atoms with Crippen LogP contribution in [-0.2, 0) is 4.52 Å². The maximum atomic E-state index is 5.53. The summed E-state index contributed by atoms with van der Waals surface area (Å²) in [6.45, 7) is 3.10. The van der Waals surface area contributed by atoms with Crippen molar-refractivity contribution in [1.82, 2.24) is 0 Å². The molecule has 0 radical (unpaired) electrons. The van der Waals surface area contributed by atoms with Crippen LogP contribution in [0.25, 0.3) is 0 Å². The first-order valence-electron chi connectivity index (χ1n) is 9.02. The Morgan fingerprint density at radius 2 is 1.27 bits per heavy atom. The molecule has 0 aromatic heterocycles. The van der Waals surface area contributed by atoms with Crippen molar-refractivity contribution in [3.63, 3.8) is 0 Å². The Morgan fingerprint density at radius 1 is 0.727 bits per heavy atom. The molecule has 3 heteroatoms. The van der Waals surface area contributed by atoms with Gasteiger partial charge in [0.15, 0.2) is 0 Å². The van der Waals surface area contributed by atoms with E-state index in [0.717, 1.165) is 18.8 Å². The minimum atomic E-state index is 0.121. The average molecular weight is 324 g/mol. The Kier molecular flexibility index (Phi) is 13.5. The van der Waals surface area contributed by atoms with Crippen LogP contribution in [-0.4, -0.2) is 6.61 Å². The van der Waals surface area contributed by atoms with Crippen molar-refractivity contribution in [2.75, 3.05) is 6.61 Å². The van der Waals surface area contributed by atoms with Gasteiger partial charge in [-0.2, -0.15) is 0 Å². The Hall–Kier alpha value is -0.590. The molecule has 0 fully saturated rings. The lowest BCUT2D eigenvalue weighted by Crippen LogP contribution is -1.89. The number of hydrogen-bond donors (Lipinski definition) is 0. The van der Waals surface area contributed by atoms with Gasteiger partial charge in [0.05, 0.1) is 6.61 Å². The fraction of sp³-hybridized carbons (Fsp3) is 0.684. The molecule has 0 saturated heterocycles. The molecule has 0 aliphatic carbocycles. The van der Waals surface area contributed by atoms with E-state index in [2.05, 4.69) is 6.92 Å². The van der Waals surface area contributed by atoms with Crippen LogP contribution in [0.4, 0.5) is 0 Å². The van der Waals surface area contributed by atoms with E-state index in [1.807, 2.05) is 30.3 Å². The summed E-state index contributed by atoms with van der Waals surface area (Å²) in [6, 6.07) is 9.85. The lowest BCUT2D eigenvalue weighted by atomic mass is 10.1. The van der Waals surface area contributed by atoms with Crippen LogP contribution in [0, 0.1) is 0 Å². The molecule has 1 aromatic rings. The highest BCUT2D eigenvalue weighted by Gasteiger charge is 1.95. The van der Waals surface area contributed by atoms with Gasteiger partial charge < -0.3 is 9.05 Å². The number of unbranched alkanes of at least 4 members (excludes halogenated alkanes) is 10. The molecule has 0 N–H and O–H groups in total. The minimum Gasteiger partial charge on any atom is -0.450 e. The lowest BCUT2D eigenvalue weighted by molar-refractivity contribution is 0.316. The molecule has 1 aromatic carbocycles. The maximum absolute atomic E-state index is 5.53. The predicted octanol–water partition coefficient (Wildman–Crippen LogP) is 6.90. The monoisotopic (exact) mass is 324 g/mol. The van der Waals surface area contributed by atoms with Crippen molar-refractivity contribution < 1.29 is 9.05 Å². The molecular weight excluding hydrogens is 291 g/mol. The van der Waals surface area contributed by atoms with Gasteiger partial charge >= 0.3 is 0 Å². The van der Waals surface area contributed by atoms with Gasteiger partial charge in [-0.3, -0.25) is 0 Å². The highest BCUT2D eigenvalue weighted by Crippen LogP contribution is 2.21. The molecule has 1 rings (SSSR count). The van der Waals surface area contributed by atoms with Crippen molar-refractivity contribution >= 4 is 9.03 Å². The smallest absolute Gasteiger partial charge is 0.215 e. The number of benzene rings is 1. The van der Waals surface area contributed by atoms with E-state index >= 15 is 0 Å². The van der Waals surface area contributed by atoms with Crippen molar-refractivity contribution in [3.8, 4) is 5.75 Å². The quantitative estimate of drug-likeness (QED) is 0.258. The fourth-order valence-electron chi connectivity index (χ4n) is 2.45. The third kappa shape index (κ3) is 12.0. The van der Waals surface area contributed by atoms with Crippen LogP contribution in [0.3, 0.4) is 0 Å². The SMILES string of the molecule is CCCCCCCCCCCCCOPOc1ccccc1. The summed E-state index contributed by atoms with van der Waals surface area (Å²) in [7, 11) is 0.121. The molecule has 22 heavy (non-hydrogen) atoms. The second-order valence-electron chi connectivity index (χ2n) is 5.88. The summed E-state index contributed by atoms with van der Waals surface area (Å²) in [5.74, 6) is 0.889. The van der Waals surface area contributed by atoms with Gasteiger partial charge in [-0.1, -0.05) is 89.3 Å². The Bertz CT molecular complexity index is 329. The van der Waals surface area contributed by atoms with E-state index in [1.54, 1.807) is 0 Å². The summed E-state index contributed by atoms with van der Waals surface area (Å²) in [5, 5.41) is 0. The number of hydrogen-bond acceptors (Lipinski definition) is 2. The molecule has 1 atom stereocenters.